The molecule has 2 aromatic rings. The number of anilines is 1. The topological polar surface area (TPSA) is 57.7 Å². The average Bonchev–Trinajstić information content (AvgIpc) is 3.05. The second-order valence-corrected chi connectivity index (χ2v) is 6.13. The first-order valence-corrected chi connectivity index (χ1v) is 7.65. The van der Waals surface area contributed by atoms with E-state index in [2.05, 4.69) is 38.7 Å². The fourth-order valence-corrected chi connectivity index (χ4v) is 3.31. The van der Waals surface area contributed by atoms with Crippen LogP contribution in [0.25, 0.3) is 0 Å². The second kappa shape index (κ2) is 5.45. The molecule has 5 heteroatoms. The van der Waals surface area contributed by atoms with E-state index in [1.54, 1.807) is 0 Å². The van der Waals surface area contributed by atoms with Crippen molar-refractivity contribution in [3.8, 4) is 6.07 Å². The van der Waals surface area contributed by atoms with Crippen LogP contribution >= 0.6 is 0 Å². The number of nitrogens with zero attached hydrogens (tertiary/aromatic N) is 5. The molecule has 0 spiro atoms. The number of hydrogen-bond acceptors (Lipinski definition) is 4. The fraction of sp³-hybridized carbons (Fsp3) is 0.471. The SMILES string of the molecule is Cc1cc(C)n(C2CCN(c3cc(C)c(C#N)c(C)n3)C2)n1. The average molecular weight is 295 g/mol. The second-order valence-electron chi connectivity index (χ2n) is 6.13. The Hall–Kier alpha value is -2.35. The van der Waals surface area contributed by atoms with Gasteiger partial charge in [0.05, 0.1) is 23.0 Å². The molecule has 1 atom stereocenters. The first-order chi connectivity index (χ1) is 10.5. The van der Waals surface area contributed by atoms with E-state index in [9.17, 15) is 0 Å². The summed E-state index contributed by atoms with van der Waals surface area (Å²) in [5.41, 5.74) is 4.79. The van der Waals surface area contributed by atoms with Gasteiger partial charge in [0.2, 0.25) is 0 Å². The lowest BCUT2D eigenvalue weighted by Crippen LogP contribution is -2.23. The number of hydrogen-bond donors (Lipinski definition) is 0. The van der Waals surface area contributed by atoms with E-state index in [1.165, 1.54) is 5.69 Å². The van der Waals surface area contributed by atoms with E-state index >= 15 is 0 Å². The van der Waals surface area contributed by atoms with Gasteiger partial charge in [0.25, 0.3) is 0 Å². The zero-order valence-electron chi connectivity index (χ0n) is 13.6. The van der Waals surface area contributed by atoms with Crippen molar-refractivity contribution in [2.75, 3.05) is 18.0 Å². The molecule has 3 heterocycles. The lowest BCUT2D eigenvalue weighted by Gasteiger charge is -2.19. The Kier molecular flexibility index (Phi) is 3.61. The molecule has 114 valence electrons. The fourth-order valence-electron chi connectivity index (χ4n) is 3.31. The summed E-state index contributed by atoms with van der Waals surface area (Å²) in [6.07, 6.45) is 1.07. The molecule has 2 aromatic heterocycles. The maximum atomic E-state index is 9.16. The highest BCUT2D eigenvalue weighted by atomic mass is 15.3. The van der Waals surface area contributed by atoms with Crippen LogP contribution in [-0.4, -0.2) is 27.9 Å². The van der Waals surface area contributed by atoms with Crippen LogP contribution in [0.5, 0.6) is 0 Å². The summed E-state index contributed by atoms with van der Waals surface area (Å²) in [5.74, 6) is 0.970. The monoisotopic (exact) mass is 295 g/mol. The lowest BCUT2D eigenvalue weighted by molar-refractivity contribution is 0.481. The molecule has 0 radical (unpaired) electrons. The van der Waals surface area contributed by atoms with Gasteiger partial charge in [0.1, 0.15) is 11.9 Å². The lowest BCUT2D eigenvalue weighted by atomic mass is 10.1. The van der Waals surface area contributed by atoms with Crippen LogP contribution in [-0.2, 0) is 0 Å². The summed E-state index contributed by atoms with van der Waals surface area (Å²) >= 11 is 0. The van der Waals surface area contributed by atoms with Crippen molar-refractivity contribution in [1.82, 2.24) is 14.8 Å². The van der Waals surface area contributed by atoms with Gasteiger partial charge in [-0.25, -0.2) is 4.98 Å². The Morgan fingerprint density at radius 2 is 2.00 bits per heavy atom. The summed E-state index contributed by atoms with van der Waals surface area (Å²) in [6, 6.07) is 6.77. The molecular formula is C17H21N5. The van der Waals surface area contributed by atoms with Gasteiger partial charge in [-0.15, -0.1) is 0 Å². The molecule has 22 heavy (non-hydrogen) atoms. The van der Waals surface area contributed by atoms with Gasteiger partial charge in [0, 0.05) is 18.8 Å². The highest BCUT2D eigenvalue weighted by Gasteiger charge is 2.27. The summed E-state index contributed by atoms with van der Waals surface area (Å²) in [5, 5.41) is 13.8. The molecule has 1 aliphatic heterocycles. The standard InChI is InChI=1S/C17H21N5/c1-11-7-17(19-14(4)16(11)9-18)21-6-5-15(10-21)22-13(3)8-12(2)20-22/h7-8,15H,5-6,10H2,1-4H3. The van der Waals surface area contributed by atoms with Gasteiger partial charge in [-0.3, -0.25) is 4.68 Å². The normalized spacial score (nSPS) is 17.8. The highest BCUT2D eigenvalue weighted by Crippen LogP contribution is 2.28. The van der Waals surface area contributed by atoms with Crippen molar-refractivity contribution in [2.45, 2.75) is 40.2 Å². The number of aryl methyl sites for hydroxylation is 4. The van der Waals surface area contributed by atoms with Gasteiger partial charge < -0.3 is 4.90 Å². The molecule has 0 saturated carbocycles. The molecule has 0 amide bonds. The molecule has 1 aliphatic rings. The smallest absolute Gasteiger partial charge is 0.129 e. The van der Waals surface area contributed by atoms with Crippen LogP contribution in [0.1, 0.15) is 40.7 Å². The Bertz CT molecular complexity index is 730. The Morgan fingerprint density at radius 1 is 1.23 bits per heavy atom. The van der Waals surface area contributed by atoms with Crippen molar-refractivity contribution in [2.24, 2.45) is 0 Å². The van der Waals surface area contributed by atoms with Crippen molar-refractivity contribution in [3.05, 3.63) is 40.3 Å². The molecule has 0 aromatic carbocycles. The van der Waals surface area contributed by atoms with Crippen LogP contribution in [0.15, 0.2) is 12.1 Å². The minimum Gasteiger partial charge on any atom is -0.354 e. The molecule has 1 fully saturated rings. The molecule has 3 rings (SSSR count). The first-order valence-electron chi connectivity index (χ1n) is 7.65. The van der Waals surface area contributed by atoms with Crippen LogP contribution in [0.2, 0.25) is 0 Å². The third kappa shape index (κ3) is 2.45. The predicted octanol–water partition coefficient (Wildman–Crippen LogP) is 2.83. The minimum absolute atomic E-state index is 0.395. The van der Waals surface area contributed by atoms with Gasteiger partial charge in [0.15, 0.2) is 0 Å². The molecular weight excluding hydrogens is 274 g/mol. The number of aromatic nitrogens is 3. The third-order valence-electron chi connectivity index (χ3n) is 4.37. The van der Waals surface area contributed by atoms with E-state index in [0.29, 0.717) is 11.6 Å². The summed E-state index contributed by atoms with van der Waals surface area (Å²) in [7, 11) is 0. The molecule has 0 N–H and O–H groups in total. The van der Waals surface area contributed by atoms with Crippen LogP contribution in [0, 0.1) is 39.0 Å². The van der Waals surface area contributed by atoms with E-state index in [-0.39, 0.29) is 0 Å². The molecule has 1 saturated heterocycles. The number of pyridine rings is 1. The van der Waals surface area contributed by atoms with E-state index in [4.69, 9.17) is 5.26 Å². The van der Waals surface area contributed by atoms with Gasteiger partial charge in [-0.1, -0.05) is 0 Å². The van der Waals surface area contributed by atoms with Crippen LogP contribution < -0.4 is 4.90 Å². The highest BCUT2D eigenvalue weighted by molar-refractivity contribution is 5.50. The first kappa shape index (κ1) is 14.6. The van der Waals surface area contributed by atoms with E-state index in [0.717, 1.165) is 42.3 Å². The van der Waals surface area contributed by atoms with Crippen LogP contribution in [0.4, 0.5) is 5.82 Å². The summed E-state index contributed by atoms with van der Waals surface area (Å²) in [4.78, 5) is 6.91. The van der Waals surface area contributed by atoms with Crippen LogP contribution in [0.3, 0.4) is 0 Å². The predicted molar refractivity (Wildman–Crippen MR) is 86.0 cm³/mol. The molecule has 0 aliphatic carbocycles. The molecule has 0 bridgehead atoms. The minimum atomic E-state index is 0.395. The summed E-state index contributed by atoms with van der Waals surface area (Å²) in [6.45, 7) is 9.91. The maximum absolute atomic E-state index is 9.16. The van der Waals surface area contributed by atoms with Crippen molar-refractivity contribution in [3.63, 3.8) is 0 Å². The van der Waals surface area contributed by atoms with Gasteiger partial charge >= 0.3 is 0 Å². The largest absolute Gasteiger partial charge is 0.354 e. The van der Waals surface area contributed by atoms with E-state index < -0.39 is 0 Å². The molecule has 1 unspecified atom stereocenters. The quantitative estimate of drug-likeness (QED) is 0.855. The number of nitriles is 1. The number of rotatable bonds is 2. The Balaban J connectivity index is 1.84. The van der Waals surface area contributed by atoms with E-state index in [1.807, 2.05) is 26.8 Å². The molecule has 5 nitrogen and oxygen atoms in total. The zero-order chi connectivity index (χ0) is 15.9. The summed E-state index contributed by atoms with van der Waals surface area (Å²) < 4.78 is 2.14. The Morgan fingerprint density at radius 3 is 2.59 bits per heavy atom. The third-order valence-corrected chi connectivity index (χ3v) is 4.37. The van der Waals surface area contributed by atoms with Gasteiger partial charge in [-0.05, 0) is 51.8 Å². The van der Waals surface area contributed by atoms with Crippen molar-refractivity contribution < 1.29 is 0 Å². The zero-order valence-corrected chi connectivity index (χ0v) is 13.6. The van der Waals surface area contributed by atoms with Crippen molar-refractivity contribution >= 4 is 5.82 Å². The van der Waals surface area contributed by atoms with Gasteiger partial charge in [-0.2, -0.15) is 10.4 Å². The van der Waals surface area contributed by atoms with Crippen molar-refractivity contribution in [1.29, 1.82) is 5.26 Å². The Labute approximate surface area is 131 Å². The maximum Gasteiger partial charge on any atom is 0.129 e.